The molecule has 0 spiro atoms. The fourth-order valence-electron chi connectivity index (χ4n) is 3.73. The maximum absolute atomic E-state index is 5.49. The molecular weight excluding hydrogens is 422 g/mol. The van der Waals surface area contributed by atoms with Crippen LogP contribution in [0.5, 0.6) is 11.5 Å². The van der Waals surface area contributed by atoms with Gasteiger partial charge in [0.15, 0.2) is 11.5 Å². The highest BCUT2D eigenvalue weighted by Gasteiger charge is 2.16. The van der Waals surface area contributed by atoms with Gasteiger partial charge in [0.2, 0.25) is 0 Å². The van der Waals surface area contributed by atoms with Crippen molar-refractivity contribution in [3.05, 3.63) is 64.8 Å². The van der Waals surface area contributed by atoms with Crippen LogP contribution < -0.4 is 14.8 Å². The third kappa shape index (κ3) is 4.40. The number of benzene rings is 2. The first kappa shape index (κ1) is 22.0. The second-order valence-corrected chi connectivity index (χ2v) is 8.62. The van der Waals surface area contributed by atoms with Gasteiger partial charge in [-0.15, -0.1) is 11.3 Å². The molecule has 0 fully saturated rings. The van der Waals surface area contributed by atoms with Crippen molar-refractivity contribution in [1.82, 2.24) is 9.97 Å². The Hall–Kier alpha value is -3.16. The number of hydrogen-bond acceptors (Lipinski definition) is 7. The molecule has 4 rings (SSSR count). The lowest BCUT2D eigenvalue weighted by Crippen LogP contribution is -2.08. The molecule has 0 aliphatic rings. The van der Waals surface area contributed by atoms with Gasteiger partial charge in [-0.05, 0) is 43.2 Å². The van der Waals surface area contributed by atoms with E-state index in [2.05, 4.69) is 52.5 Å². The minimum absolute atomic E-state index is 0.0638. The molecule has 0 bridgehead atoms. The second kappa shape index (κ2) is 9.54. The maximum atomic E-state index is 5.49. The summed E-state index contributed by atoms with van der Waals surface area (Å²) in [6, 6.07) is 16.6. The first-order chi connectivity index (χ1) is 15.5. The van der Waals surface area contributed by atoms with E-state index in [-0.39, 0.29) is 6.04 Å². The van der Waals surface area contributed by atoms with Crippen LogP contribution in [0.2, 0.25) is 0 Å². The minimum atomic E-state index is 0.0638. The number of nitrogens with zero attached hydrogens (tertiary/aromatic N) is 2. The number of fused-ring (bicyclic) bond motifs is 1. The number of anilines is 1. The molecule has 1 N–H and O–H groups in total. The first-order valence-corrected chi connectivity index (χ1v) is 11.2. The average molecular weight is 450 g/mol. The zero-order valence-electron chi connectivity index (χ0n) is 18.9. The molecule has 4 aromatic rings. The standard InChI is InChI=1S/C25H27N3O3S/c1-15(23-10-11-24(32-23)18-9-7-6-8-17(18)14-29-3)26-25-19-12-21(30-4)22(31-5)13-20(19)27-16(2)28-25/h6-13,15H,14H2,1-5H3,(H,26,27,28). The van der Waals surface area contributed by atoms with Gasteiger partial charge in [-0.2, -0.15) is 0 Å². The van der Waals surface area contributed by atoms with Crippen LogP contribution in [-0.2, 0) is 11.3 Å². The van der Waals surface area contributed by atoms with Crippen LogP contribution in [0, 0.1) is 6.92 Å². The number of rotatable bonds is 8. The number of hydrogen-bond donors (Lipinski definition) is 1. The topological polar surface area (TPSA) is 65.5 Å². The fraction of sp³-hybridized carbons (Fsp3) is 0.280. The molecule has 7 heteroatoms. The van der Waals surface area contributed by atoms with Crippen LogP contribution in [0.4, 0.5) is 5.82 Å². The third-order valence-corrected chi connectivity index (χ3v) is 6.60. The van der Waals surface area contributed by atoms with Crippen LogP contribution in [-0.4, -0.2) is 31.3 Å². The number of ether oxygens (including phenoxy) is 3. The molecule has 0 radical (unpaired) electrons. The lowest BCUT2D eigenvalue weighted by atomic mass is 10.1. The molecule has 1 atom stereocenters. The van der Waals surface area contributed by atoms with Crippen LogP contribution in [0.15, 0.2) is 48.5 Å². The molecule has 166 valence electrons. The summed E-state index contributed by atoms with van der Waals surface area (Å²) in [6.07, 6.45) is 0. The zero-order valence-corrected chi connectivity index (χ0v) is 19.7. The number of aromatic nitrogens is 2. The molecule has 2 aromatic heterocycles. The molecule has 0 aliphatic heterocycles. The Balaban J connectivity index is 1.66. The largest absolute Gasteiger partial charge is 0.493 e. The van der Waals surface area contributed by atoms with Gasteiger partial charge < -0.3 is 19.5 Å². The predicted octanol–water partition coefficient (Wildman–Crippen LogP) is 6.00. The smallest absolute Gasteiger partial charge is 0.162 e. The predicted molar refractivity (Wildman–Crippen MR) is 130 cm³/mol. The van der Waals surface area contributed by atoms with E-state index in [1.165, 1.54) is 20.9 Å². The van der Waals surface area contributed by atoms with Crippen LogP contribution >= 0.6 is 11.3 Å². The highest BCUT2D eigenvalue weighted by atomic mass is 32.1. The first-order valence-electron chi connectivity index (χ1n) is 10.4. The van der Waals surface area contributed by atoms with Gasteiger partial charge in [-0.1, -0.05) is 24.3 Å². The number of nitrogens with one attached hydrogen (secondary N) is 1. The Morgan fingerprint density at radius 1 is 0.969 bits per heavy atom. The summed E-state index contributed by atoms with van der Waals surface area (Å²) in [5.41, 5.74) is 3.20. The molecule has 0 saturated carbocycles. The summed E-state index contributed by atoms with van der Waals surface area (Å²) < 4.78 is 16.3. The van der Waals surface area contributed by atoms with E-state index in [1.54, 1.807) is 32.7 Å². The molecule has 0 aliphatic carbocycles. The summed E-state index contributed by atoms with van der Waals surface area (Å²) >= 11 is 1.77. The van der Waals surface area contributed by atoms with Gasteiger partial charge in [0.1, 0.15) is 11.6 Å². The Morgan fingerprint density at radius 2 is 1.72 bits per heavy atom. The van der Waals surface area contributed by atoms with Crippen molar-refractivity contribution in [1.29, 1.82) is 0 Å². The number of thiophene rings is 1. The van der Waals surface area contributed by atoms with E-state index in [0.717, 1.165) is 16.7 Å². The van der Waals surface area contributed by atoms with Gasteiger partial charge in [-0.3, -0.25) is 0 Å². The third-order valence-electron chi connectivity index (χ3n) is 5.30. The monoisotopic (exact) mass is 449 g/mol. The molecule has 6 nitrogen and oxygen atoms in total. The van der Waals surface area contributed by atoms with Gasteiger partial charge in [0, 0.05) is 28.3 Å². The fourth-order valence-corrected chi connectivity index (χ4v) is 4.80. The lowest BCUT2D eigenvalue weighted by Gasteiger charge is -2.16. The van der Waals surface area contributed by atoms with Crippen LogP contribution in [0.25, 0.3) is 21.3 Å². The number of methoxy groups -OCH3 is 3. The Morgan fingerprint density at radius 3 is 2.47 bits per heavy atom. The molecule has 2 aromatic carbocycles. The molecule has 2 heterocycles. The van der Waals surface area contributed by atoms with Crippen LogP contribution in [0.3, 0.4) is 0 Å². The van der Waals surface area contributed by atoms with Crippen molar-refractivity contribution < 1.29 is 14.2 Å². The normalized spacial score (nSPS) is 12.0. The van der Waals surface area contributed by atoms with E-state index in [9.17, 15) is 0 Å². The highest BCUT2D eigenvalue weighted by Crippen LogP contribution is 2.37. The Bertz CT molecular complexity index is 1240. The van der Waals surface area contributed by atoms with Crippen molar-refractivity contribution >= 4 is 28.1 Å². The summed E-state index contributed by atoms with van der Waals surface area (Å²) in [5, 5.41) is 4.46. The van der Waals surface area contributed by atoms with Crippen molar-refractivity contribution in [3.8, 4) is 21.9 Å². The summed E-state index contributed by atoms with van der Waals surface area (Å²) in [4.78, 5) is 11.7. The SMILES string of the molecule is COCc1ccccc1-c1ccc(C(C)Nc2nc(C)nc3cc(OC)c(OC)cc23)s1. The summed E-state index contributed by atoms with van der Waals surface area (Å²) in [6.45, 7) is 4.62. The van der Waals surface area contributed by atoms with E-state index >= 15 is 0 Å². The lowest BCUT2D eigenvalue weighted by molar-refractivity contribution is 0.185. The summed E-state index contributed by atoms with van der Waals surface area (Å²) in [7, 11) is 4.97. The van der Waals surface area contributed by atoms with Gasteiger partial charge in [-0.25, -0.2) is 9.97 Å². The van der Waals surface area contributed by atoms with E-state index in [4.69, 9.17) is 14.2 Å². The quantitative estimate of drug-likeness (QED) is 0.356. The van der Waals surface area contributed by atoms with E-state index in [1.807, 2.05) is 25.1 Å². The molecule has 32 heavy (non-hydrogen) atoms. The molecular formula is C25H27N3O3S. The second-order valence-electron chi connectivity index (χ2n) is 7.50. The van der Waals surface area contributed by atoms with Gasteiger partial charge in [0.25, 0.3) is 0 Å². The van der Waals surface area contributed by atoms with E-state index in [0.29, 0.717) is 23.9 Å². The van der Waals surface area contributed by atoms with E-state index < -0.39 is 0 Å². The average Bonchev–Trinajstić information content (AvgIpc) is 3.29. The molecule has 0 saturated heterocycles. The highest BCUT2D eigenvalue weighted by molar-refractivity contribution is 7.15. The van der Waals surface area contributed by atoms with Gasteiger partial charge in [0.05, 0.1) is 32.4 Å². The molecule has 0 amide bonds. The van der Waals surface area contributed by atoms with Crippen LogP contribution in [0.1, 0.15) is 29.2 Å². The maximum Gasteiger partial charge on any atom is 0.162 e. The van der Waals surface area contributed by atoms with Crippen molar-refractivity contribution in [2.75, 3.05) is 26.6 Å². The zero-order chi connectivity index (χ0) is 22.7. The Kier molecular flexibility index (Phi) is 6.58. The van der Waals surface area contributed by atoms with Gasteiger partial charge >= 0.3 is 0 Å². The Labute approximate surface area is 192 Å². The van der Waals surface area contributed by atoms with Crippen molar-refractivity contribution in [2.24, 2.45) is 0 Å². The van der Waals surface area contributed by atoms with Crippen molar-refractivity contribution in [3.63, 3.8) is 0 Å². The molecule has 1 unspecified atom stereocenters. The number of aryl methyl sites for hydroxylation is 1. The summed E-state index contributed by atoms with van der Waals surface area (Å²) in [5.74, 6) is 2.77. The minimum Gasteiger partial charge on any atom is -0.493 e. The van der Waals surface area contributed by atoms with Crippen molar-refractivity contribution in [2.45, 2.75) is 26.5 Å².